The van der Waals surface area contributed by atoms with E-state index in [-0.39, 0.29) is 23.2 Å². The van der Waals surface area contributed by atoms with E-state index in [1.54, 1.807) is 24.3 Å². The van der Waals surface area contributed by atoms with E-state index in [1.807, 2.05) is 0 Å². The highest BCUT2D eigenvalue weighted by molar-refractivity contribution is 8.00. The van der Waals surface area contributed by atoms with Crippen LogP contribution in [0.25, 0.3) is 0 Å². The minimum absolute atomic E-state index is 0.0292. The maximum absolute atomic E-state index is 12.1. The van der Waals surface area contributed by atoms with Crippen molar-refractivity contribution in [2.75, 3.05) is 16.8 Å². The maximum atomic E-state index is 12.1. The quantitative estimate of drug-likeness (QED) is 0.733. The van der Waals surface area contributed by atoms with E-state index in [0.717, 1.165) is 23.9 Å². The number of aliphatic carboxylic acids is 1. The number of rotatable bonds is 8. The van der Waals surface area contributed by atoms with Gasteiger partial charge in [0.15, 0.2) is 0 Å². The second-order valence-electron chi connectivity index (χ2n) is 5.06. The highest BCUT2D eigenvalue weighted by atomic mass is 32.2. The summed E-state index contributed by atoms with van der Waals surface area (Å²) in [7, 11) is 0. The van der Waals surface area contributed by atoms with Crippen LogP contribution in [-0.2, 0) is 9.59 Å². The first kappa shape index (κ1) is 20.4. The number of amides is 1. The fourth-order valence-electron chi connectivity index (χ4n) is 1.88. The van der Waals surface area contributed by atoms with Gasteiger partial charge < -0.3 is 24.7 Å². The molecule has 0 saturated heterocycles. The van der Waals surface area contributed by atoms with Gasteiger partial charge in [-0.1, -0.05) is 0 Å². The van der Waals surface area contributed by atoms with Crippen LogP contribution in [0, 0.1) is 0 Å². The van der Waals surface area contributed by atoms with Crippen LogP contribution in [0.3, 0.4) is 0 Å². The SMILES string of the molecule is O=C([O-])CSCC(=O)Nc1ccc(Oc2ccc(OC(F)(F)F)cc2)cc1. The number of halogens is 3. The summed E-state index contributed by atoms with van der Waals surface area (Å²) in [5.41, 5.74) is 0.482. The van der Waals surface area contributed by atoms with Crippen LogP contribution in [0.2, 0.25) is 0 Å². The number of alkyl halides is 3. The molecule has 10 heteroatoms. The Morgan fingerprint density at radius 3 is 1.96 bits per heavy atom. The molecule has 0 spiro atoms. The summed E-state index contributed by atoms with van der Waals surface area (Å²) in [6, 6.07) is 11.2. The number of carboxylic acids is 1. The monoisotopic (exact) mass is 400 g/mol. The van der Waals surface area contributed by atoms with E-state index in [9.17, 15) is 27.9 Å². The summed E-state index contributed by atoms with van der Waals surface area (Å²) in [6.45, 7) is 0. The molecule has 1 amide bonds. The fourth-order valence-corrected chi connectivity index (χ4v) is 2.40. The van der Waals surface area contributed by atoms with Gasteiger partial charge >= 0.3 is 6.36 Å². The minimum atomic E-state index is -4.76. The molecule has 144 valence electrons. The average Bonchev–Trinajstić information content (AvgIpc) is 2.57. The summed E-state index contributed by atoms with van der Waals surface area (Å²) >= 11 is 0.919. The molecular formula is C17H13F3NO5S-. The molecule has 0 atom stereocenters. The van der Waals surface area contributed by atoms with Gasteiger partial charge in [0, 0.05) is 11.4 Å². The predicted molar refractivity (Wildman–Crippen MR) is 90.6 cm³/mol. The van der Waals surface area contributed by atoms with Crippen molar-refractivity contribution in [3.8, 4) is 17.2 Å². The number of ether oxygens (including phenoxy) is 2. The van der Waals surface area contributed by atoms with Gasteiger partial charge in [0.1, 0.15) is 17.2 Å². The summed E-state index contributed by atoms with van der Waals surface area (Å²) in [5, 5.41) is 12.9. The standard InChI is InChI=1S/C17H14F3NO5S/c18-17(19,20)26-14-7-5-13(6-8-14)25-12-3-1-11(2-4-12)21-15(22)9-27-10-16(23)24/h1-8H,9-10H2,(H,21,22)(H,23,24)/p-1. The molecule has 0 bridgehead atoms. The van der Waals surface area contributed by atoms with Crippen molar-refractivity contribution in [3.05, 3.63) is 48.5 Å². The van der Waals surface area contributed by atoms with E-state index in [0.29, 0.717) is 17.2 Å². The lowest BCUT2D eigenvalue weighted by molar-refractivity contribution is -0.301. The lowest BCUT2D eigenvalue weighted by Crippen LogP contribution is -2.25. The van der Waals surface area contributed by atoms with E-state index in [4.69, 9.17) is 4.74 Å². The van der Waals surface area contributed by atoms with Crippen LogP contribution < -0.4 is 19.9 Å². The number of hydrogen-bond acceptors (Lipinski definition) is 6. The Balaban J connectivity index is 1.86. The van der Waals surface area contributed by atoms with Crippen molar-refractivity contribution in [2.45, 2.75) is 6.36 Å². The number of nitrogens with one attached hydrogen (secondary N) is 1. The van der Waals surface area contributed by atoms with Crippen LogP contribution in [-0.4, -0.2) is 29.7 Å². The highest BCUT2D eigenvalue weighted by Crippen LogP contribution is 2.27. The van der Waals surface area contributed by atoms with Gasteiger partial charge in [0.05, 0.1) is 11.7 Å². The number of carbonyl (C=O) groups is 2. The van der Waals surface area contributed by atoms with Crippen LogP contribution in [0.1, 0.15) is 0 Å². The van der Waals surface area contributed by atoms with Gasteiger partial charge in [0.2, 0.25) is 5.91 Å². The zero-order valence-corrected chi connectivity index (χ0v) is 14.4. The molecule has 0 aliphatic carbocycles. The first-order chi connectivity index (χ1) is 12.7. The third-order valence-electron chi connectivity index (χ3n) is 2.88. The lowest BCUT2D eigenvalue weighted by Gasteiger charge is -2.10. The normalized spacial score (nSPS) is 10.9. The molecule has 2 rings (SSSR count). The molecule has 0 aliphatic rings. The molecule has 0 saturated carbocycles. The zero-order chi connectivity index (χ0) is 19.9. The predicted octanol–water partition coefficient (Wildman–Crippen LogP) is 2.80. The smallest absolute Gasteiger partial charge is 0.549 e. The van der Waals surface area contributed by atoms with Crippen molar-refractivity contribution < 1.29 is 37.3 Å². The molecular weight excluding hydrogens is 387 g/mol. The topological polar surface area (TPSA) is 87.7 Å². The Morgan fingerprint density at radius 1 is 0.926 bits per heavy atom. The Bertz CT molecular complexity index is 779. The third-order valence-corrected chi connectivity index (χ3v) is 3.79. The Labute approximate surface area is 156 Å². The molecule has 0 fully saturated rings. The molecule has 0 heterocycles. The second kappa shape index (κ2) is 9.17. The minimum Gasteiger partial charge on any atom is -0.549 e. The molecule has 2 aromatic rings. The average molecular weight is 400 g/mol. The van der Waals surface area contributed by atoms with E-state index >= 15 is 0 Å². The van der Waals surface area contributed by atoms with Gasteiger partial charge in [-0.25, -0.2) is 0 Å². The van der Waals surface area contributed by atoms with Crippen LogP contribution >= 0.6 is 11.8 Å². The molecule has 27 heavy (non-hydrogen) atoms. The summed E-state index contributed by atoms with van der Waals surface area (Å²) in [5.74, 6) is -1.55. The van der Waals surface area contributed by atoms with E-state index in [1.165, 1.54) is 12.1 Å². The molecule has 2 aromatic carbocycles. The number of benzene rings is 2. The third kappa shape index (κ3) is 7.90. The maximum Gasteiger partial charge on any atom is 0.573 e. The zero-order valence-electron chi connectivity index (χ0n) is 13.6. The molecule has 0 aromatic heterocycles. The molecule has 0 radical (unpaired) electrons. The van der Waals surface area contributed by atoms with E-state index < -0.39 is 12.3 Å². The van der Waals surface area contributed by atoms with E-state index in [2.05, 4.69) is 10.1 Å². The fraction of sp³-hybridized carbons (Fsp3) is 0.176. The highest BCUT2D eigenvalue weighted by Gasteiger charge is 2.30. The first-order valence-corrected chi connectivity index (χ1v) is 8.58. The molecule has 0 aliphatic heterocycles. The molecule has 0 unspecified atom stereocenters. The van der Waals surface area contributed by atoms with Crippen molar-refractivity contribution in [2.24, 2.45) is 0 Å². The van der Waals surface area contributed by atoms with Crippen molar-refractivity contribution in [3.63, 3.8) is 0 Å². The molecule has 6 nitrogen and oxygen atoms in total. The number of thioether (sulfide) groups is 1. The Kier molecular flexibility index (Phi) is 6.94. The van der Waals surface area contributed by atoms with Gasteiger partial charge in [-0.15, -0.1) is 24.9 Å². The summed E-state index contributed by atoms with van der Waals surface area (Å²) < 4.78 is 45.6. The van der Waals surface area contributed by atoms with Gasteiger partial charge in [-0.2, -0.15) is 0 Å². The second-order valence-corrected chi connectivity index (χ2v) is 6.04. The number of carbonyl (C=O) groups excluding carboxylic acids is 2. The lowest BCUT2D eigenvalue weighted by atomic mass is 10.3. The number of anilines is 1. The Morgan fingerprint density at radius 2 is 1.44 bits per heavy atom. The molecule has 1 N–H and O–H groups in total. The Hall–Kier alpha value is -2.88. The van der Waals surface area contributed by atoms with Crippen molar-refractivity contribution in [1.29, 1.82) is 0 Å². The largest absolute Gasteiger partial charge is 0.573 e. The van der Waals surface area contributed by atoms with Crippen molar-refractivity contribution >= 4 is 29.3 Å². The van der Waals surface area contributed by atoms with Gasteiger partial charge in [-0.05, 0) is 48.5 Å². The summed E-state index contributed by atoms with van der Waals surface area (Å²) in [4.78, 5) is 21.9. The van der Waals surface area contributed by atoms with Crippen LogP contribution in [0.5, 0.6) is 17.2 Å². The van der Waals surface area contributed by atoms with Gasteiger partial charge in [0.25, 0.3) is 0 Å². The first-order valence-electron chi connectivity index (χ1n) is 7.42. The van der Waals surface area contributed by atoms with Crippen LogP contribution in [0.4, 0.5) is 18.9 Å². The number of hydrogen-bond donors (Lipinski definition) is 1. The van der Waals surface area contributed by atoms with Crippen LogP contribution in [0.15, 0.2) is 48.5 Å². The summed E-state index contributed by atoms with van der Waals surface area (Å²) in [6.07, 6.45) is -4.76. The van der Waals surface area contributed by atoms with Crippen molar-refractivity contribution in [1.82, 2.24) is 0 Å². The number of carboxylic acid groups (broad SMARTS) is 1. The van der Waals surface area contributed by atoms with Gasteiger partial charge in [-0.3, -0.25) is 4.79 Å².